The van der Waals surface area contributed by atoms with Gasteiger partial charge in [0.25, 0.3) is 0 Å². The molecule has 5 heterocycles. The third-order valence-electron chi connectivity index (χ3n) is 6.00. The summed E-state index contributed by atoms with van der Waals surface area (Å²) in [7, 11) is 0. The highest BCUT2D eigenvalue weighted by Gasteiger charge is 2.41. The van der Waals surface area contributed by atoms with Crippen LogP contribution in [0.2, 0.25) is 0 Å². The van der Waals surface area contributed by atoms with Crippen LogP contribution in [0.15, 0.2) is 0 Å². The lowest BCUT2D eigenvalue weighted by molar-refractivity contribution is -0.0967. The predicted molar refractivity (Wildman–Crippen MR) is 84.4 cm³/mol. The van der Waals surface area contributed by atoms with E-state index in [4.69, 9.17) is 4.74 Å². The van der Waals surface area contributed by atoms with Crippen molar-refractivity contribution >= 4 is 11.8 Å². The first-order valence-electron chi connectivity index (χ1n) is 8.53. The lowest BCUT2D eigenvalue weighted by atomic mass is 9.81. The molecule has 0 saturated carbocycles. The molecule has 2 unspecified atom stereocenters. The molecule has 2 atom stereocenters. The third kappa shape index (κ3) is 2.77. The van der Waals surface area contributed by atoms with E-state index in [-0.39, 0.29) is 5.60 Å². The predicted octanol–water partition coefficient (Wildman–Crippen LogP) is 2.11. The number of ether oxygens (including phenoxy) is 1. The van der Waals surface area contributed by atoms with E-state index in [1.54, 1.807) is 0 Å². The van der Waals surface area contributed by atoms with Gasteiger partial charge in [0.1, 0.15) is 0 Å². The molecule has 20 heavy (non-hydrogen) atoms. The average Bonchev–Trinajstić information content (AvgIpc) is 2.49. The number of nitrogens with zero attached hydrogens (tertiary/aromatic N) is 1. The van der Waals surface area contributed by atoms with Crippen LogP contribution in [0.25, 0.3) is 0 Å². The summed E-state index contributed by atoms with van der Waals surface area (Å²) in [6, 6.07) is 1.47. The Morgan fingerprint density at radius 3 is 2.60 bits per heavy atom. The number of hydrogen-bond acceptors (Lipinski definition) is 4. The normalized spacial score (nSPS) is 43.8. The number of fused-ring (bicyclic) bond motifs is 3. The Morgan fingerprint density at radius 1 is 1.10 bits per heavy atom. The highest BCUT2D eigenvalue weighted by molar-refractivity contribution is 7.99. The van der Waals surface area contributed by atoms with Gasteiger partial charge in [-0.2, -0.15) is 11.8 Å². The highest BCUT2D eigenvalue weighted by Crippen LogP contribution is 2.38. The fourth-order valence-corrected chi connectivity index (χ4v) is 5.96. The summed E-state index contributed by atoms with van der Waals surface area (Å²) < 4.78 is 6.22. The molecule has 1 spiro atoms. The standard InChI is InChI=1S/C16H28N2OS/c1-6-18-7-2-13(1)15(12-18)17-14-3-8-19-16(11-14)4-9-20-10-5-16/h13-15,17H,1-12H2. The van der Waals surface area contributed by atoms with Gasteiger partial charge in [-0.3, -0.25) is 0 Å². The Bertz CT molecular complexity index is 332. The van der Waals surface area contributed by atoms with Gasteiger partial charge >= 0.3 is 0 Å². The van der Waals surface area contributed by atoms with Gasteiger partial charge in [-0.15, -0.1) is 0 Å². The van der Waals surface area contributed by atoms with Crippen LogP contribution in [0.1, 0.15) is 38.5 Å². The SMILES string of the molecule is C1CC(NC2CN3CCC2CC3)CC2(CCSCC2)O1. The first-order chi connectivity index (χ1) is 9.83. The minimum atomic E-state index is 0.231. The van der Waals surface area contributed by atoms with Crippen LogP contribution in [0.3, 0.4) is 0 Å². The smallest absolute Gasteiger partial charge is 0.0713 e. The van der Waals surface area contributed by atoms with Crippen molar-refractivity contribution in [2.45, 2.75) is 56.2 Å². The van der Waals surface area contributed by atoms with E-state index >= 15 is 0 Å². The van der Waals surface area contributed by atoms with Crippen molar-refractivity contribution in [3.63, 3.8) is 0 Å². The number of piperidine rings is 3. The third-order valence-corrected chi connectivity index (χ3v) is 6.99. The zero-order valence-electron chi connectivity index (χ0n) is 12.5. The molecule has 0 aromatic rings. The molecule has 5 saturated heterocycles. The van der Waals surface area contributed by atoms with Gasteiger partial charge in [-0.1, -0.05) is 0 Å². The molecule has 5 aliphatic rings. The van der Waals surface area contributed by atoms with Crippen LogP contribution >= 0.6 is 11.8 Å². The largest absolute Gasteiger partial charge is 0.375 e. The van der Waals surface area contributed by atoms with Crippen molar-refractivity contribution in [1.82, 2.24) is 10.2 Å². The molecule has 114 valence electrons. The topological polar surface area (TPSA) is 24.5 Å². The summed E-state index contributed by atoms with van der Waals surface area (Å²) in [5.74, 6) is 3.54. The van der Waals surface area contributed by atoms with E-state index in [2.05, 4.69) is 22.0 Å². The zero-order valence-corrected chi connectivity index (χ0v) is 13.3. The first-order valence-corrected chi connectivity index (χ1v) is 9.69. The minimum Gasteiger partial charge on any atom is -0.375 e. The number of nitrogens with one attached hydrogen (secondary N) is 1. The van der Waals surface area contributed by atoms with Gasteiger partial charge in [0.15, 0.2) is 0 Å². The fraction of sp³-hybridized carbons (Fsp3) is 1.00. The van der Waals surface area contributed by atoms with Crippen molar-refractivity contribution < 1.29 is 4.74 Å². The van der Waals surface area contributed by atoms with E-state index in [0.717, 1.165) is 18.6 Å². The van der Waals surface area contributed by atoms with Crippen LogP contribution in [-0.2, 0) is 4.74 Å². The molecular weight excluding hydrogens is 268 g/mol. The molecule has 0 aromatic carbocycles. The highest BCUT2D eigenvalue weighted by atomic mass is 32.2. The molecule has 1 N–H and O–H groups in total. The van der Waals surface area contributed by atoms with Crippen molar-refractivity contribution in [3.8, 4) is 0 Å². The van der Waals surface area contributed by atoms with Crippen LogP contribution in [-0.4, -0.2) is 60.3 Å². The number of rotatable bonds is 2. The second-order valence-electron chi connectivity index (χ2n) is 7.24. The van der Waals surface area contributed by atoms with Gasteiger partial charge in [-0.05, 0) is 69.0 Å². The Morgan fingerprint density at radius 2 is 1.90 bits per heavy atom. The molecule has 5 fully saturated rings. The molecular formula is C16H28N2OS. The van der Waals surface area contributed by atoms with E-state index < -0.39 is 0 Å². The fourth-order valence-electron chi connectivity index (χ4n) is 4.72. The molecule has 5 rings (SSSR count). The molecule has 0 radical (unpaired) electrons. The summed E-state index contributed by atoms with van der Waals surface area (Å²) in [5, 5.41) is 4.03. The Hall–Kier alpha value is 0.230. The summed E-state index contributed by atoms with van der Waals surface area (Å²) >= 11 is 2.10. The van der Waals surface area contributed by atoms with Crippen molar-refractivity contribution in [3.05, 3.63) is 0 Å². The lowest BCUT2D eigenvalue weighted by Crippen LogP contribution is -2.60. The molecule has 3 nitrogen and oxygen atoms in total. The van der Waals surface area contributed by atoms with Crippen LogP contribution in [0, 0.1) is 5.92 Å². The molecule has 4 heteroatoms. The van der Waals surface area contributed by atoms with Gasteiger partial charge in [-0.25, -0.2) is 0 Å². The van der Waals surface area contributed by atoms with E-state index in [1.165, 1.54) is 69.7 Å². The summed E-state index contributed by atoms with van der Waals surface area (Å²) in [6.07, 6.45) is 7.87. The molecule has 0 amide bonds. The second-order valence-corrected chi connectivity index (χ2v) is 8.47. The maximum Gasteiger partial charge on any atom is 0.0713 e. The molecule has 2 bridgehead atoms. The van der Waals surface area contributed by atoms with E-state index in [1.807, 2.05) is 0 Å². The van der Waals surface area contributed by atoms with E-state index in [9.17, 15) is 0 Å². The summed E-state index contributed by atoms with van der Waals surface area (Å²) in [6.45, 7) is 4.96. The van der Waals surface area contributed by atoms with Crippen molar-refractivity contribution in [2.24, 2.45) is 5.92 Å². The van der Waals surface area contributed by atoms with E-state index in [0.29, 0.717) is 6.04 Å². The van der Waals surface area contributed by atoms with Crippen LogP contribution in [0.5, 0.6) is 0 Å². The monoisotopic (exact) mass is 296 g/mol. The summed E-state index contributed by atoms with van der Waals surface area (Å²) in [5.41, 5.74) is 0.231. The summed E-state index contributed by atoms with van der Waals surface area (Å²) in [4.78, 5) is 2.66. The number of hydrogen-bond donors (Lipinski definition) is 1. The maximum absolute atomic E-state index is 6.22. The van der Waals surface area contributed by atoms with Gasteiger partial charge in [0.2, 0.25) is 0 Å². The van der Waals surface area contributed by atoms with Crippen LogP contribution in [0.4, 0.5) is 0 Å². The molecule has 5 aliphatic heterocycles. The Balaban J connectivity index is 1.36. The Kier molecular flexibility index (Phi) is 4.01. The molecule has 0 aromatic heterocycles. The lowest BCUT2D eigenvalue weighted by Gasteiger charge is -2.49. The second kappa shape index (κ2) is 5.79. The van der Waals surface area contributed by atoms with Gasteiger partial charge in [0, 0.05) is 25.2 Å². The Labute approximate surface area is 127 Å². The van der Waals surface area contributed by atoms with Crippen molar-refractivity contribution in [1.29, 1.82) is 0 Å². The van der Waals surface area contributed by atoms with Crippen molar-refractivity contribution in [2.75, 3.05) is 37.7 Å². The number of thioether (sulfide) groups is 1. The van der Waals surface area contributed by atoms with Crippen LogP contribution < -0.4 is 5.32 Å². The maximum atomic E-state index is 6.22. The quantitative estimate of drug-likeness (QED) is 0.843. The minimum absolute atomic E-state index is 0.231. The zero-order chi connectivity index (χ0) is 13.4. The average molecular weight is 296 g/mol. The first kappa shape index (κ1) is 13.9. The van der Waals surface area contributed by atoms with Gasteiger partial charge in [0.05, 0.1) is 5.60 Å². The van der Waals surface area contributed by atoms with Gasteiger partial charge < -0.3 is 15.0 Å². The molecule has 0 aliphatic carbocycles.